The number of hydrogen-bond acceptors (Lipinski definition) is 5. The number of halogens is 1. The number of methoxy groups -OCH3 is 1. The van der Waals surface area contributed by atoms with Crippen molar-refractivity contribution in [3.8, 4) is 0 Å². The molecule has 0 aliphatic heterocycles. The van der Waals surface area contributed by atoms with Crippen molar-refractivity contribution in [2.45, 2.75) is 11.4 Å². The number of nitrogens with zero attached hydrogens (tertiary/aromatic N) is 1. The molecule has 1 aromatic heterocycles. The normalized spacial score (nSPS) is 11.3. The second-order valence-electron chi connectivity index (χ2n) is 3.78. The average Bonchev–Trinajstić information content (AvgIpc) is 2.39. The second kappa shape index (κ2) is 7.88. The van der Waals surface area contributed by atoms with Crippen LogP contribution >= 0.6 is 0 Å². The standard InChI is InChI=1S/C11H16FN3O4S/c1-19-8-7-13-10(16)4-6-15-20(17,18)11-9(12)3-2-5-14-11/h2-3,5,15H,4,6-8H2,1H3,(H,13,16). The van der Waals surface area contributed by atoms with Crippen LogP contribution < -0.4 is 10.0 Å². The van der Waals surface area contributed by atoms with Gasteiger partial charge in [-0.2, -0.15) is 0 Å². The van der Waals surface area contributed by atoms with Crippen LogP contribution in [0.3, 0.4) is 0 Å². The number of hydrogen-bond donors (Lipinski definition) is 2. The van der Waals surface area contributed by atoms with Crippen LogP contribution in [0.25, 0.3) is 0 Å². The van der Waals surface area contributed by atoms with Crippen LogP contribution in [-0.2, 0) is 19.6 Å². The van der Waals surface area contributed by atoms with E-state index in [4.69, 9.17) is 4.74 Å². The molecule has 0 atom stereocenters. The Morgan fingerprint density at radius 3 is 2.85 bits per heavy atom. The summed E-state index contributed by atoms with van der Waals surface area (Å²) in [6.45, 7) is 0.574. The maximum atomic E-state index is 13.3. The lowest BCUT2D eigenvalue weighted by molar-refractivity contribution is -0.121. The van der Waals surface area contributed by atoms with Gasteiger partial charge in [-0.05, 0) is 12.1 Å². The van der Waals surface area contributed by atoms with Crippen molar-refractivity contribution in [3.63, 3.8) is 0 Å². The number of sulfonamides is 1. The summed E-state index contributed by atoms with van der Waals surface area (Å²) in [5.41, 5.74) is 0. The lowest BCUT2D eigenvalue weighted by atomic mass is 10.4. The van der Waals surface area contributed by atoms with Gasteiger partial charge in [-0.3, -0.25) is 4.79 Å². The summed E-state index contributed by atoms with van der Waals surface area (Å²) in [5, 5.41) is 1.85. The third kappa shape index (κ3) is 5.19. The van der Waals surface area contributed by atoms with Crippen molar-refractivity contribution in [2.75, 3.05) is 26.8 Å². The molecule has 0 bridgehead atoms. The molecular weight excluding hydrogens is 289 g/mol. The Labute approximate surface area is 116 Å². The predicted molar refractivity (Wildman–Crippen MR) is 68.9 cm³/mol. The molecule has 9 heteroatoms. The largest absolute Gasteiger partial charge is 0.383 e. The molecule has 20 heavy (non-hydrogen) atoms. The second-order valence-corrected chi connectivity index (χ2v) is 5.46. The van der Waals surface area contributed by atoms with Crippen molar-refractivity contribution in [2.24, 2.45) is 0 Å². The van der Waals surface area contributed by atoms with Gasteiger partial charge in [0.1, 0.15) is 0 Å². The van der Waals surface area contributed by atoms with Gasteiger partial charge < -0.3 is 10.1 Å². The van der Waals surface area contributed by atoms with Gasteiger partial charge in [0.05, 0.1) is 6.61 Å². The summed E-state index contributed by atoms with van der Waals surface area (Å²) in [6.07, 6.45) is 1.12. The van der Waals surface area contributed by atoms with E-state index in [9.17, 15) is 17.6 Å². The zero-order valence-corrected chi connectivity index (χ0v) is 11.7. The average molecular weight is 305 g/mol. The van der Waals surface area contributed by atoms with Crippen LogP contribution in [0.5, 0.6) is 0 Å². The third-order valence-corrected chi connectivity index (χ3v) is 3.65. The minimum Gasteiger partial charge on any atom is -0.383 e. The van der Waals surface area contributed by atoms with Crippen molar-refractivity contribution < 1.29 is 22.3 Å². The van der Waals surface area contributed by atoms with Gasteiger partial charge in [0.15, 0.2) is 5.82 Å². The molecule has 1 rings (SSSR count). The molecule has 0 saturated heterocycles. The van der Waals surface area contributed by atoms with Gasteiger partial charge in [-0.15, -0.1) is 0 Å². The topological polar surface area (TPSA) is 97.4 Å². The molecule has 1 heterocycles. The van der Waals surface area contributed by atoms with E-state index in [1.807, 2.05) is 0 Å². The molecule has 0 aromatic carbocycles. The minimum absolute atomic E-state index is 0.0581. The summed E-state index contributed by atoms with van der Waals surface area (Å²) in [7, 11) is -2.55. The summed E-state index contributed by atoms with van der Waals surface area (Å²) < 4.78 is 43.6. The molecule has 2 N–H and O–H groups in total. The highest BCUT2D eigenvalue weighted by atomic mass is 32.2. The maximum Gasteiger partial charge on any atom is 0.261 e. The molecule has 1 aromatic rings. The van der Waals surface area contributed by atoms with Crippen LogP contribution in [0.1, 0.15) is 6.42 Å². The first-order valence-electron chi connectivity index (χ1n) is 5.83. The molecule has 0 saturated carbocycles. The summed E-state index contributed by atoms with van der Waals surface area (Å²) in [6, 6.07) is 2.29. The number of aromatic nitrogens is 1. The number of carbonyl (C=O) groups is 1. The predicted octanol–water partition coefficient (Wildman–Crippen LogP) is -0.348. The van der Waals surface area contributed by atoms with E-state index in [-0.39, 0.29) is 18.9 Å². The molecule has 0 fully saturated rings. The fraction of sp³-hybridized carbons (Fsp3) is 0.455. The fourth-order valence-corrected chi connectivity index (χ4v) is 2.35. The van der Waals surface area contributed by atoms with Crippen molar-refractivity contribution in [1.82, 2.24) is 15.0 Å². The van der Waals surface area contributed by atoms with E-state index in [0.717, 1.165) is 6.07 Å². The lowest BCUT2D eigenvalue weighted by Gasteiger charge is -2.07. The highest BCUT2D eigenvalue weighted by molar-refractivity contribution is 7.89. The Morgan fingerprint density at radius 1 is 1.45 bits per heavy atom. The number of rotatable bonds is 8. The Balaban J connectivity index is 2.45. The third-order valence-electron chi connectivity index (χ3n) is 2.25. The fourth-order valence-electron chi connectivity index (χ4n) is 1.32. The molecular formula is C11H16FN3O4S. The first-order chi connectivity index (χ1) is 9.47. The van der Waals surface area contributed by atoms with Gasteiger partial charge >= 0.3 is 0 Å². The van der Waals surface area contributed by atoms with Crippen LogP contribution in [0.4, 0.5) is 4.39 Å². The Hall–Kier alpha value is -1.58. The number of ether oxygens (including phenoxy) is 1. The van der Waals surface area contributed by atoms with Crippen molar-refractivity contribution in [1.29, 1.82) is 0 Å². The van der Waals surface area contributed by atoms with E-state index in [1.165, 1.54) is 19.4 Å². The van der Waals surface area contributed by atoms with Gasteiger partial charge in [-0.1, -0.05) is 0 Å². The van der Waals surface area contributed by atoms with Crippen molar-refractivity contribution >= 4 is 15.9 Å². The van der Waals surface area contributed by atoms with Gasteiger partial charge in [0, 0.05) is 32.8 Å². The van der Waals surface area contributed by atoms with E-state index in [1.54, 1.807) is 0 Å². The summed E-state index contributed by atoms with van der Waals surface area (Å²) in [4.78, 5) is 14.8. The number of pyridine rings is 1. The van der Waals surface area contributed by atoms with E-state index in [2.05, 4.69) is 15.0 Å². The highest BCUT2D eigenvalue weighted by Crippen LogP contribution is 2.09. The van der Waals surface area contributed by atoms with Gasteiger partial charge in [0.2, 0.25) is 10.9 Å². The summed E-state index contributed by atoms with van der Waals surface area (Å²) in [5.74, 6) is -1.27. The smallest absolute Gasteiger partial charge is 0.261 e. The van der Waals surface area contributed by atoms with E-state index < -0.39 is 20.9 Å². The zero-order chi connectivity index (χ0) is 15.0. The molecule has 112 valence electrons. The van der Waals surface area contributed by atoms with Crippen LogP contribution in [0.2, 0.25) is 0 Å². The quantitative estimate of drug-likeness (QED) is 0.640. The first-order valence-corrected chi connectivity index (χ1v) is 7.31. The van der Waals surface area contributed by atoms with E-state index >= 15 is 0 Å². The SMILES string of the molecule is COCCNC(=O)CCNS(=O)(=O)c1ncccc1F. The number of carbonyl (C=O) groups excluding carboxylic acids is 1. The summed E-state index contributed by atoms with van der Waals surface area (Å²) >= 11 is 0. The molecule has 0 radical (unpaired) electrons. The van der Waals surface area contributed by atoms with Gasteiger partial charge in [-0.25, -0.2) is 22.5 Å². The van der Waals surface area contributed by atoms with Crippen molar-refractivity contribution in [3.05, 3.63) is 24.1 Å². The molecule has 0 unspecified atom stereocenters. The lowest BCUT2D eigenvalue weighted by Crippen LogP contribution is -2.32. The van der Waals surface area contributed by atoms with Gasteiger partial charge in [0.25, 0.3) is 10.0 Å². The number of amides is 1. The van der Waals surface area contributed by atoms with E-state index in [0.29, 0.717) is 13.2 Å². The first kappa shape index (κ1) is 16.5. The van der Waals surface area contributed by atoms with Crippen LogP contribution in [-0.4, -0.2) is 46.1 Å². The molecule has 0 spiro atoms. The van der Waals surface area contributed by atoms with Crippen LogP contribution in [0, 0.1) is 5.82 Å². The maximum absolute atomic E-state index is 13.3. The highest BCUT2D eigenvalue weighted by Gasteiger charge is 2.20. The Bertz CT molecular complexity index is 550. The minimum atomic E-state index is -4.05. The Kier molecular flexibility index (Phi) is 6.49. The molecule has 7 nitrogen and oxygen atoms in total. The zero-order valence-electron chi connectivity index (χ0n) is 10.9. The molecule has 1 amide bonds. The monoisotopic (exact) mass is 305 g/mol. The Morgan fingerprint density at radius 2 is 2.20 bits per heavy atom. The molecule has 0 aliphatic carbocycles. The molecule has 0 aliphatic rings. The number of nitrogens with one attached hydrogen (secondary N) is 2. The van der Waals surface area contributed by atoms with Crippen LogP contribution in [0.15, 0.2) is 23.4 Å².